The van der Waals surface area contributed by atoms with Gasteiger partial charge in [0.05, 0.1) is 61.8 Å². The summed E-state index contributed by atoms with van der Waals surface area (Å²) in [5.74, 6) is 1.29. The van der Waals surface area contributed by atoms with Crippen LogP contribution in [-0.2, 0) is 9.84 Å². The van der Waals surface area contributed by atoms with Gasteiger partial charge < -0.3 is 23.9 Å². The Morgan fingerprint density at radius 1 is 1.14 bits per heavy atom. The molecule has 1 aromatic carbocycles. The molecular weight excluding hydrogens is 500 g/mol. The lowest BCUT2D eigenvalue weighted by molar-refractivity contribution is 0.102. The van der Waals surface area contributed by atoms with Crippen LogP contribution in [0.25, 0.3) is 22.5 Å². The molecule has 1 amide bonds. The van der Waals surface area contributed by atoms with Crippen molar-refractivity contribution in [3.63, 3.8) is 0 Å². The molecule has 0 spiro atoms. The number of hydrogen-bond donors (Lipinski definition) is 1. The van der Waals surface area contributed by atoms with Crippen LogP contribution in [0.4, 0.5) is 5.69 Å². The summed E-state index contributed by atoms with van der Waals surface area (Å²) in [4.78, 5) is 18.4. The number of rotatable bonds is 7. The van der Waals surface area contributed by atoms with Crippen LogP contribution in [0, 0.1) is 6.92 Å². The van der Waals surface area contributed by atoms with Gasteiger partial charge >= 0.3 is 0 Å². The Kier molecular flexibility index (Phi) is 6.28. The van der Waals surface area contributed by atoms with Crippen LogP contribution < -0.4 is 19.5 Å². The molecule has 3 aromatic heterocycles. The molecule has 4 aromatic rings. The van der Waals surface area contributed by atoms with Gasteiger partial charge in [-0.25, -0.2) is 18.1 Å². The van der Waals surface area contributed by atoms with Gasteiger partial charge in [-0.15, -0.1) is 0 Å². The lowest BCUT2D eigenvalue weighted by Crippen LogP contribution is -2.15. The molecule has 1 fully saturated rings. The molecule has 0 radical (unpaired) electrons. The van der Waals surface area contributed by atoms with Crippen molar-refractivity contribution in [2.75, 3.05) is 38.2 Å². The number of aryl methyl sites for hydroxylation is 1. The number of methoxy groups -OCH3 is 3. The van der Waals surface area contributed by atoms with E-state index in [4.69, 9.17) is 23.6 Å². The maximum atomic E-state index is 13.7. The molecule has 1 N–H and O–H groups in total. The molecule has 0 bridgehead atoms. The van der Waals surface area contributed by atoms with Gasteiger partial charge in [0, 0.05) is 17.8 Å². The number of nitrogens with one attached hydrogen (secondary N) is 1. The third-order valence-electron chi connectivity index (χ3n) is 6.33. The zero-order valence-electron chi connectivity index (χ0n) is 20.8. The fourth-order valence-corrected chi connectivity index (χ4v) is 6.31. The summed E-state index contributed by atoms with van der Waals surface area (Å²) >= 11 is 0. The number of pyridine rings is 1. The molecule has 11 nitrogen and oxygen atoms in total. The van der Waals surface area contributed by atoms with Gasteiger partial charge in [0.2, 0.25) is 5.75 Å². The number of carbonyl (C=O) groups excluding carboxylic acids is 1. The topological polar surface area (TPSA) is 135 Å². The molecule has 1 aliphatic rings. The molecule has 0 aliphatic carbocycles. The molecule has 5 rings (SSSR count). The van der Waals surface area contributed by atoms with Crippen molar-refractivity contribution >= 4 is 32.5 Å². The zero-order chi connectivity index (χ0) is 26.3. The van der Waals surface area contributed by atoms with E-state index in [2.05, 4.69) is 10.4 Å². The average Bonchev–Trinajstić information content (AvgIpc) is 3.62. The van der Waals surface area contributed by atoms with E-state index < -0.39 is 15.7 Å². The van der Waals surface area contributed by atoms with Crippen LogP contribution in [-0.4, -0.2) is 61.9 Å². The minimum Gasteiger partial charge on any atom is -0.493 e. The highest BCUT2D eigenvalue weighted by atomic mass is 32.2. The first-order valence-corrected chi connectivity index (χ1v) is 13.3. The van der Waals surface area contributed by atoms with Crippen molar-refractivity contribution in [3.05, 3.63) is 47.9 Å². The lowest BCUT2D eigenvalue weighted by atomic mass is 10.1. The summed E-state index contributed by atoms with van der Waals surface area (Å²) in [5, 5.41) is 8.04. The molecule has 1 atom stereocenters. The average molecular weight is 527 g/mol. The van der Waals surface area contributed by atoms with E-state index in [1.54, 1.807) is 41.9 Å². The first-order valence-electron chi connectivity index (χ1n) is 11.5. The Balaban J connectivity index is 1.63. The summed E-state index contributed by atoms with van der Waals surface area (Å²) in [7, 11) is 1.32. The Morgan fingerprint density at radius 3 is 2.43 bits per heavy atom. The van der Waals surface area contributed by atoms with Crippen molar-refractivity contribution in [2.24, 2.45) is 0 Å². The number of ether oxygens (including phenoxy) is 3. The highest BCUT2D eigenvalue weighted by Gasteiger charge is 2.32. The van der Waals surface area contributed by atoms with E-state index in [0.717, 1.165) is 0 Å². The first-order chi connectivity index (χ1) is 17.7. The van der Waals surface area contributed by atoms with Gasteiger partial charge in [0.25, 0.3) is 5.91 Å². The number of furan rings is 1. The minimum atomic E-state index is -3.16. The summed E-state index contributed by atoms with van der Waals surface area (Å²) in [6.45, 7) is 1.77. The smallest absolute Gasteiger partial charge is 0.256 e. The number of anilines is 1. The highest BCUT2D eigenvalue weighted by molar-refractivity contribution is 7.91. The second-order valence-electron chi connectivity index (χ2n) is 8.69. The van der Waals surface area contributed by atoms with Crippen molar-refractivity contribution in [2.45, 2.75) is 19.4 Å². The van der Waals surface area contributed by atoms with Crippen molar-refractivity contribution in [1.82, 2.24) is 14.8 Å². The summed E-state index contributed by atoms with van der Waals surface area (Å²) in [6, 6.07) is 7.99. The molecule has 1 aliphatic heterocycles. The highest BCUT2D eigenvalue weighted by Crippen LogP contribution is 2.40. The van der Waals surface area contributed by atoms with Crippen LogP contribution >= 0.6 is 0 Å². The SMILES string of the molecule is COc1cc(NC(=O)c2cc(-c3ccco3)nc3c2c(C)nn3C2CCS(=O)(=O)C2)cc(OC)c1OC. The van der Waals surface area contributed by atoms with E-state index in [1.165, 1.54) is 27.6 Å². The number of hydrogen-bond acceptors (Lipinski definition) is 9. The number of fused-ring (bicyclic) bond motifs is 1. The fraction of sp³-hybridized carbons (Fsp3) is 0.320. The molecule has 12 heteroatoms. The van der Waals surface area contributed by atoms with Crippen molar-refractivity contribution in [3.8, 4) is 28.7 Å². The molecule has 37 heavy (non-hydrogen) atoms. The summed E-state index contributed by atoms with van der Waals surface area (Å²) < 4.78 is 47.7. The van der Waals surface area contributed by atoms with Crippen molar-refractivity contribution < 1.29 is 31.8 Å². The van der Waals surface area contributed by atoms with Crippen LogP contribution in [0.5, 0.6) is 17.2 Å². The molecule has 4 heterocycles. The second-order valence-corrected chi connectivity index (χ2v) is 10.9. The normalized spacial score (nSPS) is 16.6. The van der Waals surface area contributed by atoms with Crippen LogP contribution in [0.2, 0.25) is 0 Å². The second kappa shape index (κ2) is 9.43. The number of sulfone groups is 1. The monoisotopic (exact) mass is 526 g/mol. The number of amides is 1. The molecule has 194 valence electrons. The fourth-order valence-electron chi connectivity index (χ4n) is 4.62. The largest absolute Gasteiger partial charge is 0.493 e. The first kappa shape index (κ1) is 24.6. The van der Waals surface area contributed by atoms with Gasteiger partial charge in [-0.1, -0.05) is 0 Å². The number of nitrogens with zero attached hydrogens (tertiary/aromatic N) is 3. The summed E-state index contributed by atoms with van der Waals surface area (Å²) in [6.07, 6.45) is 1.95. The minimum absolute atomic E-state index is 0.0250. The van der Waals surface area contributed by atoms with Gasteiger partial charge in [-0.2, -0.15) is 5.10 Å². The number of carbonyl (C=O) groups is 1. The Hall–Kier alpha value is -4.06. The Labute approximate surface area is 213 Å². The van der Waals surface area contributed by atoms with Crippen LogP contribution in [0.1, 0.15) is 28.5 Å². The predicted molar refractivity (Wildman–Crippen MR) is 136 cm³/mol. The van der Waals surface area contributed by atoms with Gasteiger partial charge in [-0.3, -0.25) is 4.79 Å². The predicted octanol–water partition coefficient (Wildman–Crippen LogP) is 3.64. The Bertz CT molecular complexity index is 1570. The van der Waals surface area contributed by atoms with E-state index in [0.29, 0.717) is 63.1 Å². The molecule has 1 unspecified atom stereocenters. The Morgan fingerprint density at radius 2 is 1.86 bits per heavy atom. The van der Waals surface area contributed by atoms with E-state index in [9.17, 15) is 13.2 Å². The van der Waals surface area contributed by atoms with E-state index >= 15 is 0 Å². The van der Waals surface area contributed by atoms with Crippen molar-refractivity contribution in [1.29, 1.82) is 0 Å². The van der Waals surface area contributed by atoms with Gasteiger partial charge in [0.1, 0.15) is 5.69 Å². The van der Waals surface area contributed by atoms with Gasteiger partial charge in [0.15, 0.2) is 32.7 Å². The maximum Gasteiger partial charge on any atom is 0.256 e. The van der Waals surface area contributed by atoms with Crippen LogP contribution in [0.15, 0.2) is 41.0 Å². The molecule has 1 saturated heterocycles. The van der Waals surface area contributed by atoms with E-state index in [-0.39, 0.29) is 17.5 Å². The quantitative estimate of drug-likeness (QED) is 0.383. The van der Waals surface area contributed by atoms with Crippen LogP contribution in [0.3, 0.4) is 0 Å². The third kappa shape index (κ3) is 4.48. The van der Waals surface area contributed by atoms with E-state index in [1.807, 2.05) is 0 Å². The number of benzene rings is 1. The lowest BCUT2D eigenvalue weighted by Gasteiger charge is -2.15. The zero-order valence-corrected chi connectivity index (χ0v) is 21.6. The maximum absolute atomic E-state index is 13.7. The van der Waals surface area contributed by atoms with Gasteiger partial charge in [-0.05, 0) is 31.5 Å². The molecular formula is C25H26N4O7S. The summed E-state index contributed by atoms with van der Waals surface area (Å²) in [5.41, 5.74) is 2.15. The third-order valence-corrected chi connectivity index (χ3v) is 8.08. The number of aromatic nitrogens is 3. The molecule has 0 saturated carbocycles. The standard InChI is InChI=1S/C25H26N4O7S/c1-14-22-17(25(30)26-15-10-20(33-2)23(35-4)21(11-15)34-3)12-18(19-6-5-8-36-19)27-24(22)29(28-14)16-7-9-37(31,32)13-16/h5-6,8,10-12,16H,7,9,13H2,1-4H3,(H,26,30).